The quantitative estimate of drug-likeness (QED) is 0.737. The number of nitrogens with zero attached hydrogens (tertiary/aromatic N) is 3. The van der Waals surface area contributed by atoms with Crippen molar-refractivity contribution in [2.75, 3.05) is 18.1 Å². The second kappa shape index (κ2) is 6.40. The van der Waals surface area contributed by atoms with Crippen LogP contribution in [0.4, 0.5) is 5.82 Å². The Balaban J connectivity index is 2.91. The molecule has 1 aromatic rings. The Bertz CT molecular complexity index is 317. The first-order chi connectivity index (χ1) is 7.70. The molecule has 90 valence electrons. The van der Waals surface area contributed by atoms with E-state index in [1.165, 1.54) is 0 Å². The van der Waals surface area contributed by atoms with E-state index in [-0.39, 0.29) is 6.61 Å². The molecule has 0 aromatic carbocycles. The van der Waals surface area contributed by atoms with Crippen LogP contribution in [0.15, 0.2) is 12.4 Å². The zero-order chi connectivity index (χ0) is 12.0. The van der Waals surface area contributed by atoms with E-state index in [0.717, 1.165) is 24.5 Å². The maximum atomic E-state index is 8.88. The molecule has 0 aliphatic carbocycles. The lowest BCUT2D eigenvalue weighted by Crippen LogP contribution is -2.34. The molecule has 1 aromatic heterocycles. The van der Waals surface area contributed by atoms with E-state index in [9.17, 15) is 0 Å². The van der Waals surface area contributed by atoms with Gasteiger partial charge < -0.3 is 15.7 Å². The summed E-state index contributed by atoms with van der Waals surface area (Å²) in [5.41, 5.74) is 6.44. The second-order valence-electron chi connectivity index (χ2n) is 3.90. The SMILES string of the molecule is CC(C)N(CCCO)c1nccnc1CN. The zero-order valence-corrected chi connectivity index (χ0v) is 9.93. The van der Waals surface area contributed by atoms with Gasteiger partial charge in [0, 0.05) is 38.1 Å². The average Bonchev–Trinajstić information content (AvgIpc) is 2.29. The van der Waals surface area contributed by atoms with Crippen molar-refractivity contribution < 1.29 is 5.11 Å². The molecule has 3 N–H and O–H groups in total. The summed E-state index contributed by atoms with van der Waals surface area (Å²) < 4.78 is 0. The predicted molar refractivity (Wildman–Crippen MR) is 64.1 cm³/mol. The minimum atomic E-state index is 0.182. The topological polar surface area (TPSA) is 75.3 Å². The van der Waals surface area contributed by atoms with Gasteiger partial charge >= 0.3 is 0 Å². The number of hydrogen-bond acceptors (Lipinski definition) is 5. The van der Waals surface area contributed by atoms with Gasteiger partial charge in [0.1, 0.15) is 0 Å². The summed E-state index contributed by atoms with van der Waals surface area (Å²) >= 11 is 0. The summed E-state index contributed by atoms with van der Waals surface area (Å²) in [6.07, 6.45) is 4.04. The predicted octanol–water partition coefficient (Wildman–Crippen LogP) is 0.533. The molecule has 5 heteroatoms. The first-order valence-electron chi connectivity index (χ1n) is 5.58. The van der Waals surface area contributed by atoms with E-state index >= 15 is 0 Å². The maximum absolute atomic E-state index is 8.88. The Labute approximate surface area is 96.3 Å². The number of aliphatic hydroxyl groups is 1. The first-order valence-corrected chi connectivity index (χ1v) is 5.58. The molecule has 0 atom stereocenters. The molecule has 0 saturated carbocycles. The Morgan fingerprint density at radius 2 is 2.06 bits per heavy atom. The maximum Gasteiger partial charge on any atom is 0.151 e. The molecular formula is C11H20N4O. The van der Waals surface area contributed by atoms with Gasteiger partial charge in [-0.25, -0.2) is 4.98 Å². The normalized spacial score (nSPS) is 10.8. The Morgan fingerprint density at radius 3 is 2.62 bits per heavy atom. The monoisotopic (exact) mass is 224 g/mol. The molecule has 5 nitrogen and oxygen atoms in total. The zero-order valence-electron chi connectivity index (χ0n) is 9.93. The van der Waals surface area contributed by atoms with Crippen molar-refractivity contribution in [2.45, 2.75) is 32.9 Å². The van der Waals surface area contributed by atoms with Crippen molar-refractivity contribution in [3.8, 4) is 0 Å². The third-order valence-corrected chi connectivity index (χ3v) is 2.40. The van der Waals surface area contributed by atoms with Gasteiger partial charge in [-0.15, -0.1) is 0 Å². The summed E-state index contributed by atoms with van der Waals surface area (Å²) in [5.74, 6) is 0.827. The van der Waals surface area contributed by atoms with Gasteiger partial charge in [0.15, 0.2) is 5.82 Å². The van der Waals surface area contributed by atoms with Crippen LogP contribution in [-0.2, 0) is 6.54 Å². The van der Waals surface area contributed by atoms with Gasteiger partial charge in [-0.05, 0) is 20.3 Å². The van der Waals surface area contributed by atoms with Crippen LogP contribution < -0.4 is 10.6 Å². The molecule has 0 amide bonds. The lowest BCUT2D eigenvalue weighted by Gasteiger charge is -2.28. The number of anilines is 1. The fraction of sp³-hybridized carbons (Fsp3) is 0.636. The van der Waals surface area contributed by atoms with Gasteiger partial charge in [-0.1, -0.05) is 0 Å². The molecule has 0 fully saturated rings. The van der Waals surface area contributed by atoms with Crippen LogP contribution >= 0.6 is 0 Å². The molecule has 0 unspecified atom stereocenters. The number of hydrogen-bond donors (Lipinski definition) is 2. The molecule has 0 aliphatic rings. The minimum Gasteiger partial charge on any atom is -0.396 e. The van der Waals surface area contributed by atoms with Crippen molar-refractivity contribution in [3.05, 3.63) is 18.1 Å². The van der Waals surface area contributed by atoms with Crippen LogP contribution in [0.1, 0.15) is 26.0 Å². The average molecular weight is 224 g/mol. The molecule has 1 rings (SSSR count). The molecule has 0 saturated heterocycles. The summed E-state index contributed by atoms with van der Waals surface area (Å²) in [6, 6.07) is 0.313. The lowest BCUT2D eigenvalue weighted by molar-refractivity contribution is 0.288. The van der Waals surface area contributed by atoms with Crippen molar-refractivity contribution in [3.63, 3.8) is 0 Å². The van der Waals surface area contributed by atoms with Crippen molar-refractivity contribution >= 4 is 5.82 Å². The molecule has 0 bridgehead atoms. The van der Waals surface area contributed by atoms with Crippen LogP contribution in [0.5, 0.6) is 0 Å². The highest BCUT2D eigenvalue weighted by atomic mass is 16.3. The van der Waals surface area contributed by atoms with Crippen molar-refractivity contribution in [1.82, 2.24) is 9.97 Å². The number of aliphatic hydroxyl groups excluding tert-OH is 1. The van der Waals surface area contributed by atoms with Crippen LogP contribution in [0.3, 0.4) is 0 Å². The third-order valence-electron chi connectivity index (χ3n) is 2.40. The second-order valence-corrected chi connectivity index (χ2v) is 3.90. The van der Waals surface area contributed by atoms with Crippen molar-refractivity contribution in [1.29, 1.82) is 0 Å². The molecule has 0 aliphatic heterocycles. The molecule has 16 heavy (non-hydrogen) atoms. The van der Waals surface area contributed by atoms with E-state index in [2.05, 4.69) is 28.7 Å². The van der Waals surface area contributed by atoms with Gasteiger partial charge in [-0.3, -0.25) is 4.98 Å². The summed E-state index contributed by atoms with van der Waals surface area (Å²) in [5, 5.41) is 8.88. The van der Waals surface area contributed by atoms with Crippen LogP contribution in [-0.4, -0.2) is 34.3 Å². The highest BCUT2D eigenvalue weighted by Gasteiger charge is 2.15. The first kappa shape index (κ1) is 12.9. The van der Waals surface area contributed by atoms with E-state index < -0.39 is 0 Å². The molecule has 0 radical (unpaired) electrons. The van der Waals surface area contributed by atoms with E-state index in [4.69, 9.17) is 10.8 Å². The minimum absolute atomic E-state index is 0.182. The molecular weight excluding hydrogens is 204 g/mol. The summed E-state index contributed by atoms with van der Waals surface area (Å²) in [6.45, 7) is 5.51. The van der Waals surface area contributed by atoms with E-state index in [1.54, 1.807) is 12.4 Å². The Kier molecular flexibility index (Phi) is 5.14. The highest BCUT2D eigenvalue weighted by molar-refractivity contribution is 5.43. The number of rotatable bonds is 6. The van der Waals surface area contributed by atoms with E-state index in [1.807, 2.05) is 0 Å². The largest absolute Gasteiger partial charge is 0.396 e. The fourth-order valence-corrected chi connectivity index (χ4v) is 1.59. The van der Waals surface area contributed by atoms with Gasteiger partial charge in [-0.2, -0.15) is 0 Å². The highest BCUT2D eigenvalue weighted by Crippen LogP contribution is 2.17. The summed E-state index contributed by atoms with van der Waals surface area (Å²) in [4.78, 5) is 10.7. The molecule has 1 heterocycles. The van der Waals surface area contributed by atoms with Gasteiger partial charge in [0.2, 0.25) is 0 Å². The third kappa shape index (κ3) is 3.15. The summed E-state index contributed by atoms with van der Waals surface area (Å²) in [7, 11) is 0. The fourth-order valence-electron chi connectivity index (χ4n) is 1.59. The van der Waals surface area contributed by atoms with Crippen LogP contribution in [0.2, 0.25) is 0 Å². The lowest BCUT2D eigenvalue weighted by atomic mass is 10.2. The number of aromatic nitrogens is 2. The van der Waals surface area contributed by atoms with Gasteiger partial charge in [0.05, 0.1) is 5.69 Å². The smallest absolute Gasteiger partial charge is 0.151 e. The van der Waals surface area contributed by atoms with E-state index in [0.29, 0.717) is 12.6 Å². The Morgan fingerprint density at radius 1 is 1.38 bits per heavy atom. The number of nitrogens with two attached hydrogens (primary N) is 1. The van der Waals surface area contributed by atoms with Crippen LogP contribution in [0.25, 0.3) is 0 Å². The van der Waals surface area contributed by atoms with Gasteiger partial charge in [0.25, 0.3) is 0 Å². The Hall–Kier alpha value is -1.20. The molecule has 0 spiro atoms. The van der Waals surface area contributed by atoms with Crippen molar-refractivity contribution in [2.24, 2.45) is 5.73 Å². The standard InChI is InChI=1S/C11H20N4O/c1-9(2)15(6-3-7-16)11-10(8-12)13-4-5-14-11/h4-5,9,16H,3,6-8,12H2,1-2H3. The van der Waals surface area contributed by atoms with Crippen LogP contribution in [0, 0.1) is 0 Å².